The number of hydrogen-bond acceptors (Lipinski definition) is 2. The quantitative estimate of drug-likeness (QED) is 0.819. The van der Waals surface area contributed by atoms with Crippen LogP contribution in [0.3, 0.4) is 0 Å². The lowest BCUT2D eigenvalue weighted by Gasteiger charge is -2.07. The fourth-order valence-electron chi connectivity index (χ4n) is 1.84. The Balaban J connectivity index is 1.82. The number of nitrogens with one attached hydrogen (secondary N) is 2. The molecule has 0 radical (unpaired) electrons. The van der Waals surface area contributed by atoms with Crippen molar-refractivity contribution in [3.63, 3.8) is 0 Å². The van der Waals surface area contributed by atoms with Crippen molar-refractivity contribution in [1.82, 2.24) is 5.32 Å². The molecule has 0 aliphatic rings. The van der Waals surface area contributed by atoms with Gasteiger partial charge in [-0.3, -0.25) is 9.59 Å². The lowest BCUT2D eigenvalue weighted by molar-refractivity contribution is -0.126. The van der Waals surface area contributed by atoms with E-state index in [1.165, 1.54) is 0 Å². The van der Waals surface area contributed by atoms with Crippen molar-refractivity contribution in [2.75, 3.05) is 5.32 Å². The van der Waals surface area contributed by atoms with Crippen molar-refractivity contribution >= 4 is 40.7 Å². The zero-order valence-corrected chi connectivity index (χ0v) is 13.1. The van der Waals surface area contributed by atoms with Gasteiger partial charge in [-0.25, -0.2) is 0 Å². The van der Waals surface area contributed by atoms with Crippen LogP contribution in [-0.4, -0.2) is 11.8 Å². The molecule has 2 aromatic carbocycles. The van der Waals surface area contributed by atoms with Crippen LogP contribution in [0.1, 0.15) is 12.0 Å². The lowest BCUT2D eigenvalue weighted by Crippen LogP contribution is -2.27. The van der Waals surface area contributed by atoms with E-state index >= 15 is 0 Å². The molecule has 2 amide bonds. The number of carbonyl (C=O) groups is 2. The van der Waals surface area contributed by atoms with Crippen LogP contribution in [0, 0.1) is 0 Å². The maximum atomic E-state index is 11.8. The third kappa shape index (κ3) is 5.39. The van der Waals surface area contributed by atoms with Crippen molar-refractivity contribution < 1.29 is 9.59 Å². The Morgan fingerprint density at radius 1 is 0.909 bits per heavy atom. The average molecular weight is 337 g/mol. The molecule has 4 nitrogen and oxygen atoms in total. The minimum Gasteiger partial charge on any atom is -0.352 e. The monoisotopic (exact) mass is 336 g/mol. The molecular formula is C16H14Cl2N2O2. The van der Waals surface area contributed by atoms with Crippen molar-refractivity contribution in [3.8, 4) is 0 Å². The number of anilines is 1. The molecule has 0 aromatic heterocycles. The topological polar surface area (TPSA) is 58.2 Å². The fourth-order valence-corrected chi connectivity index (χ4v) is 2.36. The van der Waals surface area contributed by atoms with Gasteiger partial charge in [0.2, 0.25) is 11.8 Å². The fraction of sp³-hybridized carbons (Fsp3) is 0.125. The summed E-state index contributed by atoms with van der Waals surface area (Å²) in [5, 5.41) is 6.10. The van der Waals surface area contributed by atoms with Gasteiger partial charge in [0.05, 0.1) is 0 Å². The highest BCUT2D eigenvalue weighted by Gasteiger charge is 2.10. The SMILES string of the molecule is O=C(CC(=O)Nc1cc(Cl)cc(Cl)c1)NCc1ccccc1. The van der Waals surface area contributed by atoms with Gasteiger partial charge in [0.25, 0.3) is 0 Å². The number of carbonyl (C=O) groups excluding carboxylic acids is 2. The van der Waals surface area contributed by atoms with Crippen molar-refractivity contribution in [2.24, 2.45) is 0 Å². The Hall–Kier alpha value is -2.04. The summed E-state index contributed by atoms with van der Waals surface area (Å²) < 4.78 is 0. The third-order valence-electron chi connectivity index (χ3n) is 2.80. The lowest BCUT2D eigenvalue weighted by atomic mass is 10.2. The first kappa shape index (κ1) is 16.3. The molecule has 2 N–H and O–H groups in total. The van der Waals surface area contributed by atoms with Crippen molar-refractivity contribution in [3.05, 3.63) is 64.1 Å². The maximum absolute atomic E-state index is 11.8. The zero-order valence-electron chi connectivity index (χ0n) is 11.6. The molecule has 0 aliphatic heterocycles. The standard InChI is InChI=1S/C16H14Cl2N2O2/c17-12-6-13(18)8-14(7-12)20-16(22)9-15(21)19-10-11-4-2-1-3-5-11/h1-8H,9-10H2,(H,19,21)(H,20,22). The van der Waals surface area contributed by atoms with Gasteiger partial charge in [-0.1, -0.05) is 53.5 Å². The molecule has 0 saturated heterocycles. The van der Waals surface area contributed by atoms with E-state index in [1.54, 1.807) is 18.2 Å². The third-order valence-corrected chi connectivity index (χ3v) is 3.24. The summed E-state index contributed by atoms with van der Waals surface area (Å²) >= 11 is 11.7. The van der Waals surface area contributed by atoms with Crippen LogP contribution >= 0.6 is 23.2 Å². The van der Waals surface area contributed by atoms with Crippen LogP contribution in [0.5, 0.6) is 0 Å². The van der Waals surface area contributed by atoms with E-state index in [0.29, 0.717) is 22.3 Å². The summed E-state index contributed by atoms with van der Waals surface area (Å²) in [6.07, 6.45) is -0.267. The van der Waals surface area contributed by atoms with E-state index in [1.807, 2.05) is 30.3 Å². The van der Waals surface area contributed by atoms with E-state index in [-0.39, 0.29) is 12.3 Å². The Labute approximate surface area is 138 Å². The van der Waals surface area contributed by atoms with Crippen LogP contribution in [0.4, 0.5) is 5.69 Å². The molecule has 0 atom stereocenters. The van der Waals surface area contributed by atoms with E-state index < -0.39 is 5.91 Å². The first-order valence-corrected chi connectivity index (χ1v) is 7.35. The first-order chi connectivity index (χ1) is 10.5. The van der Waals surface area contributed by atoms with E-state index in [0.717, 1.165) is 5.56 Å². The second-order valence-corrected chi connectivity index (χ2v) is 5.52. The second-order valence-electron chi connectivity index (χ2n) is 4.65. The number of amides is 2. The van der Waals surface area contributed by atoms with Crippen molar-refractivity contribution in [2.45, 2.75) is 13.0 Å². The number of hydrogen-bond donors (Lipinski definition) is 2. The molecule has 2 rings (SSSR count). The van der Waals surface area contributed by atoms with Gasteiger partial charge < -0.3 is 10.6 Å². The maximum Gasteiger partial charge on any atom is 0.233 e. The van der Waals surface area contributed by atoms with Crippen LogP contribution < -0.4 is 10.6 Å². The van der Waals surface area contributed by atoms with Gasteiger partial charge in [-0.2, -0.15) is 0 Å². The molecule has 0 aliphatic carbocycles. The van der Waals surface area contributed by atoms with Crippen LogP contribution in [0.25, 0.3) is 0 Å². The van der Waals surface area contributed by atoms with Gasteiger partial charge in [-0.05, 0) is 23.8 Å². The molecule has 0 heterocycles. The Kier molecular flexibility index (Phi) is 5.81. The molecule has 22 heavy (non-hydrogen) atoms. The molecule has 0 saturated carbocycles. The summed E-state index contributed by atoms with van der Waals surface area (Å²) in [4.78, 5) is 23.5. The number of rotatable bonds is 5. The number of benzene rings is 2. The summed E-state index contributed by atoms with van der Waals surface area (Å²) in [7, 11) is 0. The Bertz CT molecular complexity index is 655. The molecular weight excluding hydrogens is 323 g/mol. The van der Waals surface area contributed by atoms with E-state index in [9.17, 15) is 9.59 Å². The normalized spacial score (nSPS) is 10.1. The van der Waals surface area contributed by atoms with Crippen molar-refractivity contribution in [1.29, 1.82) is 0 Å². The van der Waals surface area contributed by atoms with Gasteiger partial charge >= 0.3 is 0 Å². The molecule has 0 unspecified atom stereocenters. The van der Waals surface area contributed by atoms with Crippen LogP contribution in [0.2, 0.25) is 10.0 Å². The minimum atomic E-state index is -0.427. The predicted molar refractivity (Wildman–Crippen MR) is 88.0 cm³/mol. The average Bonchev–Trinajstić information content (AvgIpc) is 2.45. The highest BCUT2D eigenvalue weighted by molar-refractivity contribution is 6.35. The molecule has 114 valence electrons. The molecule has 0 fully saturated rings. The Morgan fingerprint density at radius 2 is 1.55 bits per heavy atom. The molecule has 0 bridgehead atoms. The summed E-state index contributed by atoms with van der Waals surface area (Å²) in [6.45, 7) is 0.385. The summed E-state index contributed by atoms with van der Waals surface area (Å²) in [5.41, 5.74) is 1.43. The molecule has 0 spiro atoms. The zero-order chi connectivity index (χ0) is 15.9. The van der Waals surface area contributed by atoms with E-state index in [2.05, 4.69) is 10.6 Å². The second kappa shape index (κ2) is 7.82. The largest absolute Gasteiger partial charge is 0.352 e. The van der Waals surface area contributed by atoms with Gasteiger partial charge in [-0.15, -0.1) is 0 Å². The highest BCUT2D eigenvalue weighted by atomic mass is 35.5. The number of halogens is 2. The van der Waals surface area contributed by atoms with E-state index in [4.69, 9.17) is 23.2 Å². The predicted octanol–water partition coefficient (Wildman–Crippen LogP) is 3.64. The molecule has 6 heteroatoms. The molecule has 2 aromatic rings. The Morgan fingerprint density at radius 3 is 2.18 bits per heavy atom. The highest BCUT2D eigenvalue weighted by Crippen LogP contribution is 2.22. The van der Waals surface area contributed by atoms with Gasteiger partial charge in [0, 0.05) is 22.3 Å². The van der Waals surface area contributed by atoms with Crippen LogP contribution in [0.15, 0.2) is 48.5 Å². The van der Waals surface area contributed by atoms with Gasteiger partial charge in [0.1, 0.15) is 6.42 Å². The van der Waals surface area contributed by atoms with Gasteiger partial charge in [0.15, 0.2) is 0 Å². The summed E-state index contributed by atoms with van der Waals surface area (Å²) in [5.74, 6) is -0.779. The minimum absolute atomic E-state index is 0.267. The van der Waals surface area contributed by atoms with Crippen LogP contribution in [-0.2, 0) is 16.1 Å². The summed E-state index contributed by atoms with van der Waals surface area (Å²) in [6, 6.07) is 14.2. The smallest absolute Gasteiger partial charge is 0.233 e. The first-order valence-electron chi connectivity index (χ1n) is 6.59.